The summed E-state index contributed by atoms with van der Waals surface area (Å²) in [6, 6.07) is 13.8. The van der Waals surface area contributed by atoms with E-state index in [1.54, 1.807) is 19.2 Å². The second-order valence-electron chi connectivity index (χ2n) is 7.39. The number of esters is 2. The Labute approximate surface area is 165 Å². The Balaban J connectivity index is 1.99. The van der Waals surface area contributed by atoms with Crippen molar-refractivity contribution < 1.29 is 23.8 Å². The van der Waals surface area contributed by atoms with Crippen molar-refractivity contribution in [3.63, 3.8) is 0 Å². The molecule has 3 rings (SSSR count). The van der Waals surface area contributed by atoms with Gasteiger partial charge in [-0.2, -0.15) is 0 Å². The molecular formula is C23H26O5. The van der Waals surface area contributed by atoms with Crippen LogP contribution in [0.25, 0.3) is 0 Å². The monoisotopic (exact) mass is 382 g/mol. The summed E-state index contributed by atoms with van der Waals surface area (Å²) >= 11 is 0. The van der Waals surface area contributed by atoms with E-state index in [0.29, 0.717) is 24.3 Å². The maximum Gasteiger partial charge on any atom is 0.312 e. The van der Waals surface area contributed by atoms with Gasteiger partial charge in [-0.15, -0.1) is 0 Å². The number of rotatable bonds is 7. The highest BCUT2D eigenvalue weighted by Gasteiger charge is 2.40. The molecule has 2 aromatic carbocycles. The summed E-state index contributed by atoms with van der Waals surface area (Å²) in [4.78, 5) is 24.0. The summed E-state index contributed by atoms with van der Waals surface area (Å²) in [5, 5.41) is 0. The molecular weight excluding hydrogens is 356 g/mol. The maximum absolute atomic E-state index is 12.3. The topological polar surface area (TPSA) is 61.8 Å². The van der Waals surface area contributed by atoms with Crippen molar-refractivity contribution >= 4 is 11.9 Å². The number of carbonyl (C=O) groups excluding carboxylic acids is 2. The molecule has 0 unspecified atom stereocenters. The molecule has 0 bridgehead atoms. The van der Waals surface area contributed by atoms with Crippen LogP contribution in [-0.2, 0) is 32.6 Å². The van der Waals surface area contributed by atoms with E-state index in [9.17, 15) is 9.59 Å². The number of aryl methyl sites for hydroxylation is 1. The van der Waals surface area contributed by atoms with Crippen LogP contribution in [0.5, 0.6) is 11.5 Å². The third-order valence-corrected chi connectivity index (χ3v) is 5.43. The van der Waals surface area contributed by atoms with Gasteiger partial charge in [0.25, 0.3) is 0 Å². The average molecular weight is 382 g/mol. The van der Waals surface area contributed by atoms with Gasteiger partial charge >= 0.3 is 11.9 Å². The molecule has 0 aromatic heterocycles. The summed E-state index contributed by atoms with van der Waals surface area (Å²) < 4.78 is 15.9. The van der Waals surface area contributed by atoms with Crippen LogP contribution in [0.15, 0.2) is 42.5 Å². The summed E-state index contributed by atoms with van der Waals surface area (Å²) in [6.07, 6.45) is 2.64. The van der Waals surface area contributed by atoms with Crippen molar-refractivity contribution in [3.05, 3.63) is 59.2 Å². The minimum Gasteiger partial charge on any atom is -0.496 e. The predicted octanol–water partition coefficient (Wildman–Crippen LogP) is 4.00. The van der Waals surface area contributed by atoms with E-state index in [1.807, 2.05) is 18.2 Å². The van der Waals surface area contributed by atoms with Gasteiger partial charge in [-0.1, -0.05) is 37.3 Å². The minimum absolute atomic E-state index is 0.229. The standard InChI is InChI=1S/C23H26O5/c1-23(14-13-16-7-5-4-6-8-16)15-21(25)28-19-11-10-18(26-2)17(22(19)23)9-12-20(24)27-3/h4-8,10-11H,9,12-15H2,1-3H3/t23-/m1/s1. The first-order valence-corrected chi connectivity index (χ1v) is 9.48. The molecule has 5 nitrogen and oxygen atoms in total. The molecule has 0 saturated heterocycles. The molecule has 0 saturated carbocycles. The first-order chi connectivity index (χ1) is 13.5. The van der Waals surface area contributed by atoms with Crippen LogP contribution in [0.4, 0.5) is 0 Å². The number of benzene rings is 2. The fourth-order valence-corrected chi connectivity index (χ4v) is 3.97. The molecule has 0 aliphatic carbocycles. The second-order valence-corrected chi connectivity index (χ2v) is 7.39. The molecule has 1 heterocycles. The van der Waals surface area contributed by atoms with E-state index in [1.165, 1.54) is 12.7 Å². The second kappa shape index (κ2) is 8.46. The lowest BCUT2D eigenvalue weighted by Gasteiger charge is -2.37. The van der Waals surface area contributed by atoms with Crippen LogP contribution in [0, 0.1) is 0 Å². The van der Waals surface area contributed by atoms with Crippen molar-refractivity contribution in [2.75, 3.05) is 14.2 Å². The van der Waals surface area contributed by atoms with Gasteiger partial charge in [0.2, 0.25) is 0 Å². The lowest BCUT2D eigenvalue weighted by atomic mass is 9.71. The van der Waals surface area contributed by atoms with Crippen molar-refractivity contribution in [2.45, 2.75) is 44.4 Å². The van der Waals surface area contributed by atoms with E-state index < -0.39 is 5.41 Å². The summed E-state index contributed by atoms with van der Waals surface area (Å²) in [5.41, 5.74) is 2.70. The van der Waals surface area contributed by atoms with Crippen molar-refractivity contribution in [3.8, 4) is 11.5 Å². The van der Waals surface area contributed by atoms with Crippen molar-refractivity contribution in [2.24, 2.45) is 0 Å². The molecule has 1 atom stereocenters. The quantitative estimate of drug-likeness (QED) is 0.535. The Morgan fingerprint density at radius 1 is 1.11 bits per heavy atom. The molecule has 28 heavy (non-hydrogen) atoms. The van der Waals surface area contributed by atoms with E-state index >= 15 is 0 Å². The first-order valence-electron chi connectivity index (χ1n) is 9.48. The number of ether oxygens (including phenoxy) is 3. The number of methoxy groups -OCH3 is 2. The SMILES string of the molecule is COC(=O)CCc1c(OC)ccc2c1[C@](C)(CCc1ccccc1)CC(=O)O2. The highest BCUT2D eigenvalue weighted by Crippen LogP contribution is 2.47. The summed E-state index contributed by atoms with van der Waals surface area (Å²) in [6.45, 7) is 2.09. The molecule has 0 radical (unpaired) electrons. The highest BCUT2D eigenvalue weighted by molar-refractivity contribution is 5.79. The highest BCUT2D eigenvalue weighted by atomic mass is 16.5. The van der Waals surface area contributed by atoms with Crippen LogP contribution < -0.4 is 9.47 Å². The van der Waals surface area contributed by atoms with Crippen molar-refractivity contribution in [1.82, 2.24) is 0 Å². The van der Waals surface area contributed by atoms with Gasteiger partial charge in [-0.25, -0.2) is 0 Å². The molecule has 2 aromatic rings. The third kappa shape index (κ3) is 4.19. The Bertz CT molecular complexity index is 859. The predicted molar refractivity (Wildman–Crippen MR) is 106 cm³/mol. The number of carbonyl (C=O) groups is 2. The Hall–Kier alpha value is -2.82. The molecule has 1 aliphatic rings. The van der Waals surface area contributed by atoms with Crippen LogP contribution in [0.3, 0.4) is 0 Å². The van der Waals surface area contributed by atoms with Gasteiger partial charge in [0.1, 0.15) is 11.5 Å². The van der Waals surface area contributed by atoms with Gasteiger partial charge < -0.3 is 14.2 Å². The lowest BCUT2D eigenvalue weighted by Crippen LogP contribution is -2.35. The Kier molecular flexibility index (Phi) is 6.02. The number of hydrogen-bond donors (Lipinski definition) is 0. The smallest absolute Gasteiger partial charge is 0.312 e. The molecule has 0 spiro atoms. The van der Waals surface area contributed by atoms with E-state index in [-0.39, 0.29) is 18.4 Å². The Morgan fingerprint density at radius 2 is 1.86 bits per heavy atom. The zero-order chi connectivity index (χ0) is 20.1. The third-order valence-electron chi connectivity index (χ3n) is 5.43. The maximum atomic E-state index is 12.3. The van der Waals surface area contributed by atoms with Gasteiger partial charge in [-0.05, 0) is 37.0 Å². The van der Waals surface area contributed by atoms with Crippen LogP contribution in [0.2, 0.25) is 0 Å². The van der Waals surface area contributed by atoms with Crippen LogP contribution in [-0.4, -0.2) is 26.2 Å². The van der Waals surface area contributed by atoms with Gasteiger partial charge in [0, 0.05) is 23.0 Å². The molecule has 148 valence electrons. The first kappa shape index (κ1) is 19.9. The van der Waals surface area contributed by atoms with Gasteiger partial charge in [-0.3, -0.25) is 9.59 Å². The largest absolute Gasteiger partial charge is 0.496 e. The molecule has 0 fully saturated rings. The zero-order valence-electron chi connectivity index (χ0n) is 16.6. The van der Waals surface area contributed by atoms with E-state index in [0.717, 1.165) is 24.0 Å². The summed E-state index contributed by atoms with van der Waals surface area (Å²) in [7, 11) is 2.99. The molecule has 0 amide bonds. The van der Waals surface area contributed by atoms with Crippen LogP contribution >= 0.6 is 0 Å². The van der Waals surface area contributed by atoms with Crippen LogP contribution in [0.1, 0.15) is 42.9 Å². The van der Waals surface area contributed by atoms with E-state index in [2.05, 4.69) is 19.1 Å². The fraction of sp³-hybridized carbons (Fsp3) is 0.391. The molecule has 0 N–H and O–H groups in total. The Morgan fingerprint density at radius 3 is 2.54 bits per heavy atom. The lowest BCUT2D eigenvalue weighted by molar-refractivity contribution is -0.141. The fourth-order valence-electron chi connectivity index (χ4n) is 3.97. The summed E-state index contributed by atoms with van der Waals surface area (Å²) in [5.74, 6) is 0.754. The number of hydrogen-bond acceptors (Lipinski definition) is 5. The zero-order valence-corrected chi connectivity index (χ0v) is 16.6. The average Bonchev–Trinajstić information content (AvgIpc) is 2.70. The normalized spacial score (nSPS) is 18.2. The number of fused-ring (bicyclic) bond motifs is 1. The van der Waals surface area contributed by atoms with Gasteiger partial charge in [0.15, 0.2) is 0 Å². The molecule has 5 heteroatoms. The van der Waals surface area contributed by atoms with E-state index in [4.69, 9.17) is 14.2 Å². The minimum atomic E-state index is -0.402. The van der Waals surface area contributed by atoms with Crippen molar-refractivity contribution in [1.29, 1.82) is 0 Å². The van der Waals surface area contributed by atoms with Gasteiger partial charge in [0.05, 0.1) is 20.6 Å². The molecule has 1 aliphatic heterocycles.